The van der Waals surface area contributed by atoms with Gasteiger partial charge in [-0.1, -0.05) is 41.9 Å². The van der Waals surface area contributed by atoms with Gasteiger partial charge in [0, 0.05) is 17.1 Å². The van der Waals surface area contributed by atoms with Crippen molar-refractivity contribution in [2.45, 2.75) is 52.7 Å². The normalized spacial score (nSPS) is 12.7. The third kappa shape index (κ3) is 7.75. The molecule has 0 aliphatic carbocycles. The van der Waals surface area contributed by atoms with Gasteiger partial charge in [0.1, 0.15) is 12.6 Å². The Morgan fingerprint density at radius 1 is 1.09 bits per heavy atom. The number of anilines is 1. The number of hydrogen-bond acceptors (Lipinski definition) is 4. The number of hydrogen-bond donors (Lipinski definition) is 1. The van der Waals surface area contributed by atoms with Crippen molar-refractivity contribution < 1.29 is 18.0 Å². The lowest BCUT2D eigenvalue weighted by atomic mass is 10.1. The first-order valence-electron chi connectivity index (χ1n) is 10.6. The first kappa shape index (κ1) is 26.7. The predicted molar refractivity (Wildman–Crippen MR) is 133 cm³/mol. The lowest BCUT2D eigenvalue weighted by molar-refractivity contribution is -0.140. The standard InChI is InChI=1S/C24H32ClN3O4S/c1-17-10-9-12-20(14-17)28(33(6,31)32)16-22(29)27(15-19-11-7-8-13-21(19)25)18(2)23(30)26-24(3,4)5/h7-14,18H,15-16H2,1-6H3,(H,26,30)/t18-/m1/s1. The van der Waals surface area contributed by atoms with Crippen LogP contribution in [0.25, 0.3) is 0 Å². The summed E-state index contributed by atoms with van der Waals surface area (Å²) in [7, 11) is -3.76. The van der Waals surface area contributed by atoms with Gasteiger partial charge in [-0.25, -0.2) is 8.42 Å². The minimum Gasteiger partial charge on any atom is -0.350 e. The van der Waals surface area contributed by atoms with Crippen molar-refractivity contribution in [2.24, 2.45) is 0 Å². The average Bonchev–Trinajstić information content (AvgIpc) is 2.68. The molecule has 0 saturated heterocycles. The van der Waals surface area contributed by atoms with Gasteiger partial charge in [-0.2, -0.15) is 0 Å². The van der Waals surface area contributed by atoms with Gasteiger partial charge in [-0.3, -0.25) is 13.9 Å². The summed E-state index contributed by atoms with van der Waals surface area (Å²) in [5.74, 6) is -0.859. The molecule has 0 fully saturated rings. The second-order valence-corrected chi connectivity index (χ2v) is 11.5. The predicted octanol–water partition coefficient (Wildman–Crippen LogP) is 3.75. The Bertz CT molecular complexity index is 1110. The minimum absolute atomic E-state index is 0.0582. The number of carbonyl (C=O) groups excluding carboxylic acids is 2. The lowest BCUT2D eigenvalue weighted by Gasteiger charge is -2.33. The SMILES string of the molecule is Cc1cccc(N(CC(=O)N(Cc2ccccc2Cl)[C@H](C)C(=O)NC(C)(C)C)S(C)(=O)=O)c1. The molecule has 0 radical (unpaired) electrons. The molecule has 180 valence electrons. The van der Waals surface area contributed by atoms with Gasteiger partial charge in [0.25, 0.3) is 0 Å². The van der Waals surface area contributed by atoms with Gasteiger partial charge in [0.15, 0.2) is 0 Å². The molecule has 33 heavy (non-hydrogen) atoms. The van der Waals surface area contributed by atoms with Crippen LogP contribution in [0.1, 0.15) is 38.8 Å². The quantitative estimate of drug-likeness (QED) is 0.606. The Kier molecular flexibility index (Phi) is 8.54. The zero-order valence-electron chi connectivity index (χ0n) is 19.9. The molecule has 1 atom stereocenters. The first-order valence-corrected chi connectivity index (χ1v) is 12.8. The Hall–Kier alpha value is -2.58. The summed E-state index contributed by atoms with van der Waals surface area (Å²) in [5.41, 5.74) is 1.41. The number of carbonyl (C=O) groups is 2. The van der Waals surface area contributed by atoms with Crippen LogP contribution in [-0.2, 0) is 26.2 Å². The zero-order valence-corrected chi connectivity index (χ0v) is 21.5. The molecule has 0 aromatic heterocycles. The molecular weight excluding hydrogens is 462 g/mol. The third-order valence-corrected chi connectivity index (χ3v) is 6.44. The largest absolute Gasteiger partial charge is 0.350 e. The van der Waals surface area contributed by atoms with Crippen molar-refractivity contribution in [1.82, 2.24) is 10.2 Å². The molecule has 2 amide bonds. The number of aryl methyl sites for hydroxylation is 1. The molecule has 2 rings (SSSR count). The minimum atomic E-state index is -3.76. The molecule has 1 N–H and O–H groups in total. The highest BCUT2D eigenvalue weighted by Crippen LogP contribution is 2.22. The van der Waals surface area contributed by atoms with Crippen molar-refractivity contribution in [1.29, 1.82) is 0 Å². The van der Waals surface area contributed by atoms with Crippen molar-refractivity contribution in [3.63, 3.8) is 0 Å². The van der Waals surface area contributed by atoms with E-state index in [1.54, 1.807) is 49.4 Å². The Morgan fingerprint density at radius 2 is 1.73 bits per heavy atom. The van der Waals surface area contributed by atoms with Crippen LogP contribution in [0.15, 0.2) is 48.5 Å². The van der Waals surface area contributed by atoms with Gasteiger partial charge < -0.3 is 10.2 Å². The van der Waals surface area contributed by atoms with Crippen LogP contribution in [0.5, 0.6) is 0 Å². The maximum atomic E-state index is 13.5. The van der Waals surface area contributed by atoms with E-state index in [1.807, 2.05) is 33.8 Å². The van der Waals surface area contributed by atoms with Gasteiger partial charge in [-0.05, 0) is 63.9 Å². The van der Waals surface area contributed by atoms with Crippen LogP contribution in [0.3, 0.4) is 0 Å². The lowest BCUT2D eigenvalue weighted by Crippen LogP contribution is -2.54. The molecular formula is C24H32ClN3O4S. The van der Waals surface area contributed by atoms with E-state index >= 15 is 0 Å². The number of amides is 2. The number of nitrogens with one attached hydrogen (secondary N) is 1. The molecule has 0 heterocycles. The number of rotatable bonds is 8. The Morgan fingerprint density at radius 3 is 2.27 bits per heavy atom. The molecule has 0 bridgehead atoms. The molecule has 0 saturated carbocycles. The van der Waals surface area contributed by atoms with Gasteiger partial charge in [0.05, 0.1) is 11.9 Å². The summed E-state index contributed by atoms with van der Waals surface area (Å²) in [6.07, 6.45) is 1.05. The van der Waals surface area contributed by atoms with E-state index in [1.165, 1.54) is 4.90 Å². The summed E-state index contributed by atoms with van der Waals surface area (Å²) < 4.78 is 26.2. The van der Waals surface area contributed by atoms with E-state index in [-0.39, 0.29) is 12.5 Å². The van der Waals surface area contributed by atoms with Crippen LogP contribution in [0, 0.1) is 6.92 Å². The van der Waals surface area contributed by atoms with Crippen LogP contribution < -0.4 is 9.62 Å². The summed E-state index contributed by atoms with van der Waals surface area (Å²) in [5, 5.41) is 3.34. The summed E-state index contributed by atoms with van der Waals surface area (Å²) >= 11 is 6.31. The van der Waals surface area contributed by atoms with Crippen molar-refractivity contribution >= 4 is 39.1 Å². The highest BCUT2D eigenvalue weighted by atomic mass is 35.5. The molecule has 9 heteroatoms. The van der Waals surface area contributed by atoms with Crippen molar-refractivity contribution in [2.75, 3.05) is 17.1 Å². The highest BCUT2D eigenvalue weighted by molar-refractivity contribution is 7.92. The second-order valence-electron chi connectivity index (χ2n) is 9.14. The molecule has 2 aromatic rings. The maximum Gasteiger partial charge on any atom is 0.244 e. The van der Waals surface area contributed by atoms with Crippen LogP contribution in [0.2, 0.25) is 5.02 Å². The van der Waals surface area contributed by atoms with E-state index in [9.17, 15) is 18.0 Å². The number of sulfonamides is 1. The summed E-state index contributed by atoms with van der Waals surface area (Å²) in [6.45, 7) is 8.62. The van der Waals surface area contributed by atoms with E-state index < -0.39 is 34.1 Å². The smallest absolute Gasteiger partial charge is 0.244 e. The van der Waals surface area contributed by atoms with E-state index in [0.717, 1.165) is 16.1 Å². The number of benzene rings is 2. The maximum absolute atomic E-state index is 13.5. The third-order valence-electron chi connectivity index (χ3n) is 4.93. The fourth-order valence-electron chi connectivity index (χ4n) is 3.26. The summed E-state index contributed by atoms with van der Waals surface area (Å²) in [4.78, 5) is 27.7. The second kappa shape index (κ2) is 10.6. The number of halogens is 1. The van der Waals surface area contributed by atoms with Gasteiger partial charge in [0.2, 0.25) is 21.8 Å². The van der Waals surface area contributed by atoms with Crippen LogP contribution in [-0.4, -0.2) is 49.5 Å². The van der Waals surface area contributed by atoms with E-state index in [0.29, 0.717) is 16.3 Å². The first-order chi connectivity index (χ1) is 15.2. The highest BCUT2D eigenvalue weighted by Gasteiger charge is 2.31. The number of nitrogens with zero attached hydrogens (tertiary/aromatic N) is 2. The van der Waals surface area contributed by atoms with Gasteiger partial charge in [-0.15, -0.1) is 0 Å². The molecule has 0 aliphatic heterocycles. The molecule has 0 spiro atoms. The summed E-state index contributed by atoms with van der Waals surface area (Å²) in [6, 6.07) is 13.1. The Labute approximate surface area is 201 Å². The fraction of sp³-hybridized carbons (Fsp3) is 0.417. The van der Waals surface area contributed by atoms with E-state index in [4.69, 9.17) is 11.6 Å². The average molecular weight is 494 g/mol. The fourth-order valence-corrected chi connectivity index (χ4v) is 4.30. The van der Waals surface area contributed by atoms with Crippen LogP contribution in [0.4, 0.5) is 5.69 Å². The van der Waals surface area contributed by atoms with Crippen molar-refractivity contribution in [3.05, 3.63) is 64.7 Å². The van der Waals surface area contributed by atoms with Gasteiger partial charge >= 0.3 is 0 Å². The molecule has 2 aromatic carbocycles. The Balaban J connectivity index is 2.42. The monoisotopic (exact) mass is 493 g/mol. The molecule has 0 aliphatic rings. The van der Waals surface area contributed by atoms with E-state index in [2.05, 4.69) is 5.32 Å². The zero-order chi connectivity index (χ0) is 25.0. The van der Waals surface area contributed by atoms with Crippen LogP contribution >= 0.6 is 11.6 Å². The molecule has 0 unspecified atom stereocenters. The van der Waals surface area contributed by atoms with Crippen molar-refractivity contribution in [3.8, 4) is 0 Å². The molecule has 7 nitrogen and oxygen atoms in total. The topological polar surface area (TPSA) is 86.8 Å².